The zero-order chi connectivity index (χ0) is 14.5. The van der Waals surface area contributed by atoms with Gasteiger partial charge < -0.3 is 10.6 Å². The van der Waals surface area contributed by atoms with Gasteiger partial charge in [-0.25, -0.2) is 4.79 Å². The minimum Gasteiger partial charge on any atom is -0.336 e. The lowest BCUT2D eigenvalue weighted by Gasteiger charge is -2.12. The number of carbonyl (C=O) groups is 1. The van der Waals surface area contributed by atoms with Crippen molar-refractivity contribution >= 4 is 17.4 Å². The maximum absolute atomic E-state index is 11.7. The van der Waals surface area contributed by atoms with E-state index < -0.39 is 0 Å². The quantitative estimate of drug-likeness (QED) is 0.892. The van der Waals surface area contributed by atoms with E-state index in [-0.39, 0.29) is 6.03 Å². The van der Waals surface area contributed by atoms with Gasteiger partial charge in [-0.2, -0.15) is 16.4 Å². The Balaban J connectivity index is 1.42. The van der Waals surface area contributed by atoms with Crippen LogP contribution in [0.5, 0.6) is 0 Å². The first kappa shape index (κ1) is 14.1. The number of thiophene rings is 1. The van der Waals surface area contributed by atoms with E-state index in [1.54, 1.807) is 11.3 Å². The van der Waals surface area contributed by atoms with Gasteiger partial charge in [-0.05, 0) is 30.4 Å². The predicted octanol–water partition coefficient (Wildman–Crippen LogP) is 2.85. The standard InChI is InChI=1S/C15H20N4OS/c20-15(17-13-3-1-2-4-13)16-7-9-19-8-5-14(18-19)12-6-10-21-11-12/h5-6,8,10-11,13H,1-4,7,9H2,(H2,16,17,20). The van der Waals surface area contributed by atoms with Crippen LogP contribution in [0.3, 0.4) is 0 Å². The molecule has 2 aromatic rings. The lowest BCUT2D eigenvalue weighted by Crippen LogP contribution is -2.41. The summed E-state index contributed by atoms with van der Waals surface area (Å²) in [5, 5.41) is 14.5. The molecule has 0 bridgehead atoms. The van der Waals surface area contributed by atoms with E-state index in [9.17, 15) is 4.79 Å². The summed E-state index contributed by atoms with van der Waals surface area (Å²) in [4.78, 5) is 11.7. The molecule has 1 aliphatic rings. The highest BCUT2D eigenvalue weighted by Crippen LogP contribution is 2.19. The highest BCUT2D eigenvalue weighted by Gasteiger charge is 2.16. The van der Waals surface area contributed by atoms with Crippen molar-refractivity contribution in [2.24, 2.45) is 0 Å². The third-order valence-electron chi connectivity index (χ3n) is 3.77. The van der Waals surface area contributed by atoms with E-state index in [1.807, 2.05) is 22.3 Å². The zero-order valence-electron chi connectivity index (χ0n) is 11.9. The van der Waals surface area contributed by atoms with E-state index in [2.05, 4.69) is 27.2 Å². The fraction of sp³-hybridized carbons (Fsp3) is 0.467. The third-order valence-corrected chi connectivity index (χ3v) is 4.46. The van der Waals surface area contributed by atoms with Crippen LogP contribution in [0.15, 0.2) is 29.1 Å². The summed E-state index contributed by atoms with van der Waals surface area (Å²) in [5.74, 6) is 0. The molecular formula is C15H20N4OS. The highest BCUT2D eigenvalue weighted by atomic mass is 32.1. The van der Waals surface area contributed by atoms with Crippen molar-refractivity contribution in [2.75, 3.05) is 6.54 Å². The van der Waals surface area contributed by atoms with Crippen LogP contribution in [0.2, 0.25) is 0 Å². The normalized spacial score (nSPS) is 15.2. The summed E-state index contributed by atoms with van der Waals surface area (Å²) in [5.41, 5.74) is 2.12. The molecule has 112 valence electrons. The van der Waals surface area contributed by atoms with E-state index in [0.29, 0.717) is 19.1 Å². The molecule has 0 atom stereocenters. The first-order chi connectivity index (χ1) is 10.3. The molecule has 21 heavy (non-hydrogen) atoms. The Labute approximate surface area is 128 Å². The number of carbonyl (C=O) groups excluding carboxylic acids is 1. The zero-order valence-corrected chi connectivity index (χ0v) is 12.7. The number of aromatic nitrogens is 2. The number of nitrogens with zero attached hydrogens (tertiary/aromatic N) is 2. The topological polar surface area (TPSA) is 59.0 Å². The fourth-order valence-corrected chi connectivity index (χ4v) is 3.29. The largest absolute Gasteiger partial charge is 0.336 e. The molecule has 2 aromatic heterocycles. The molecule has 0 saturated heterocycles. The van der Waals surface area contributed by atoms with Crippen molar-refractivity contribution in [3.63, 3.8) is 0 Å². The molecule has 0 radical (unpaired) electrons. The van der Waals surface area contributed by atoms with Crippen molar-refractivity contribution in [3.05, 3.63) is 29.1 Å². The van der Waals surface area contributed by atoms with Crippen LogP contribution in [0.4, 0.5) is 4.79 Å². The summed E-state index contributed by atoms with van der Waals surface area (Å²) in [6.45, 7) is 1.27. The van der Waals surface area contributed by atoms with Crippen LogP contribution < -0.4 is 10.6 Å². The summed E-state index contributed by atoms with van der Waals surface area (Å²) < 4.78 is 1.86. The molecule has 0 aromatic carbocycles. The highest BCUT2D eigenvalue weighted by molar-refractivity contribution is 7.08. The van der Waals surface area contributed by atoms with Gasteiger partial charge in [-0.1, -0.05) is 12.8 Å². The molecule has 1 fully saturated rings. The van der Waals surface area contributed by atoms with Crippen molar-refractivity contribution in [1.29, 1.82) is 0 Å². The Morgan fingerprint density at radius 1 is 1.38 bits per heavy atom. The number of hydrogen-bond acceptors (Lipinski definition) is 3. The van der Waals surface area contributed by atoms with Gasteiger partial charge in [0.1, 0.15) is 0 Å². The van der Waals surface area contributed by atoms with Gasteiger partial charge in [-0.15, -0.1) is 0 Å². The summed E-state index contributed by atoms with van der Waals surface area (Å²) in [6.07, 6.45) is 6.61. The van der Waals surface area contributed by atoms with Gasteiger partial charge in [0.2, 0.25) is 0 Å². The van der Waals surface area contributed by atoms with E-state index >= 15 is 0 Å². The van der Waals surface area contributed by atoms with Gasteiger partial charge >= 0.3 is 6.03 Å². The lowest BCUT2D eigenvalue weighted by molar-refractivity contribution is 0.236. The van der Waals surface area contributed by atoms with Crippen molar-refractivity contribution in [1.82, 2.24) is 20.4 Å². The summed E-state index contributed by atoms with van der Waals surface area (Å²) in [6, 6.07) is 4.36. The van der Waals surface area contributed by atoms with E-state index in [4.69, 9.17) is 0 Å². The number of urea groups is 1. The second-order valence-electron chi connectivity index (χ2n) is 5.36. The van der Waals surface area contributed by atoms with Crippen LogP contribution in [0, 0.1) is 0 Å². The Hall–Kier alpha value is -1.82. The molecule has 1 aliphatic carbocycles. The minimum absolute atomic E-state index is 0.0629. The maximum atomic E-state index is 11.7. The second kappa shape index (κ2) is 6.76. The first-order valence-electron chi connectivity index (χ1n) is 7.41. The van der Waals surface area contributed by atoms with Crippen molar-refractivity contribution in [3.8, 4) is 11.3 Å². The fourth-order valence-electron chi connectivity index (χ4n) is 2.64. The Morgan fingerprint density at radius 3 is 3.00 bits per heavy atom. The molecule has 2 N–H and O–H groups in total. The number of nitrogens with one attached hydrogen (secondary N) is 2. The lowest BCUT2D eigenvalue weighted by atomic mass is 10.2. The van der Waals surface area contributed by atoms with E-state index in [1.165, 1.54) is 12.8 Å². The van der Waals surface area contributed by atoms with Crippen LogP contribution >= 0.6 is 11.3 Å². The van der Waals surface area contributed by atoms with E-state index in [0.717, 1.165) is 24.1 Å². The van der Waals surface area contributed by atoms with Crippen LogP contribution in [-0.4, -0.2) is 28.4 Å². The van der Waals surface area contributed by atoms with Gasteiger partial charge in [-0.3, -0.25) is 4.68 Å². The van der Waals surface area contributed by atoms with Gasteiger partial charge in [0.15, 0.2) is 0 Å². The van der Waals surface area contributed by atoms with Gasteiger partial charge in [0.05, 0.1) is 12.2 Å². The van der Waals surface area contributed by atoms with Crippen LogP contribution in [-0.2, 0) is 6.54 Å². The number of amides is 2. The Kier molecular flexibility index (Phi) is 4.55. The monoisotopic (exact) mass is 304 g/mol. The average Bonchev–Trinajstić information content (AvgIpc) is 3.21. The van der Waals surface area contributed by atoms with Crippen LogP contribution in [0.1, 0.15) is 25.7 Å². The molecule has 5 nitrogen and oxygen atoms in total. The SMILES string of the molecule is O=C(NCCn1ccc(-c2ccsc2)n1)NC1CCCC1. The Morgan fingerprint density at radius 2 is 2.24 bits per heavy atom. The molecular weight excluding hydrogens is 284 g/mol. The number of rotatable bonds is 5. The van der Waals surface area contributed by atoms with Crippen molar-refractivity contribution in [2.45, 2.75) is 38.3 Å². The molecule has 3 rings (SSSR count). The molecule has 0 unspecified atom stereocenters. The van der Waals surface area contributed by atoms with Crippen LogP contribution in [0.25, 0.3) is 11.3 Å². The molecule has 6 heteroatoms. The smallest absolute Gasteiger partial charge is 0.315 e. The molecule has 2 heterocycles. The average molecular weight is 304 g/mol. The van der Waals surface area contributed by atoms with Gasteiger partial charge in [0, 0.05) is 29.7 Å². The number of hydrogen-bond donors (Lipinski definition) is 2. The maximum Gasteiger partial charge on any atom is 0.315 e. The second-order valence-corrected chi connectivity index (χ2v) is 6.14. The summed E-state index contributed by atoms with van der Waals surface area (Å²) in [7, 11) is 0. The predicted molar refractivity (Wildman–Crippen MR) is 84.3 cm³/mol. The molecule has 1 saturated carbocycles. The Bertz CT molecular complexity index is 572. The minimum atomic E-state index is -0.0629. The molecule has 0 spiro atoms. The molecule has 2 amide bonds. The molecule has 0 aliphatic heterocycles. The first-order valence-corrected chi connectivity index (χ1v) is 8.36. The third kappa shape index (κ3) is 3.85. The summed E-state index contributed by atoms with van der Waals surface area (Å²) >= 11 is 1.67. The van der Waals surface area contributed by atoms with Crippen molar-refractivity contribution < 1.29 is 4.79 Å². The van der Waals surface area contributed by atoms with Gasteiger partial charge in [0.25, 0.3) is 0 Å².